The van der Waals surface area contributed by atoms with E-state index in [9.17, 15) is 14.7 Å². The summed E-state index contributed by atoms with van der Waals surface area (Å²) in [6, 6.07) is 13.7. The zero-order valence-corrected chi connectivity index (χ0v) is 25.5. The van der Waals surface area contributed by atoms with Gasteiger partial charge in [0.2, 0.25) is 5.88 Å². The Labute approximate surface area is 256 Å². The van der Waals surface area contributed by atoms with Crippen LogP contribution in [0.15, 0.2) is 42.5 Å². The van der Waals surface area contributed by atoms with Crippen molar-refractivity contribution in [1.82, 2.24) is 14.8 Å². The maximum Gasteiger partial charge on any atom is 0.407 e. The van der Waals surface area contributed by atoms with Gasteiger partial charge in [-0.3, -0.25) is 4.79 Å². The molecule has 3 heterocycles. The normalized spacial score (nSPS) is 16.4. The first kappa shape index (κ1) is 30.1. The molecule has 0 radical (unpaired) electrons. The molecule has 3 aromatic rings. The van der Waals surface area contributed by atoms with Gasteiger partial charge in [0.25, 0.3) is 5.91 Å². The van der Waals surface area contributed by atoms with Crippen LogP contribution in [0, 0.1) is 19.8 Å². The van der Waals surface area contributed by atoms with Crippen LogP contribution >= 0.6 is 23.2 Å². The molecule has 0 aliphatic carbocycles. The van der Waals surface area contributed by atoms with E-state index in [2.05, 4.69) is 4.98 Å². The van der Waals surface area contributed by atoms with Crippen molar-refractivity contribution in [2.75, 3.05) is 26.7 Å². The molecule has 222 valence electrons. The second-order valence-corrected chi connectivity index (χ2v) is 11.8. The van der Waals surface area contributed by atoms with Crippen LogP contribution in [-0.2, 0) is 24.3 Å². The average Bonchev–Trinajstić information content (AvgIpc) is 2.98. The highest BCUT2D eigenvalue weighted by molar-refractivity contribution is 6.37. The van der Waals surface area contributed by atoms with E-state index in [1.54, 1.807) is 12.0 Å². The highest BCUT2D eigenvalue weighted by atomic mass is 35.5. The molecule has 42 heavy (non-hydrogen) atoms. The largest absolute Gasteiger partial charge is 0.473 e. The first-order valence-corrected chi connectivity index (χ1v) is 14.9. The predicted octanol–water partition coefficient (Wildman–Crippen LogP) is 6.86. The number of rotatable bonds is 8. The number of hydrogen-bond acceptors (Lipinski definition) is 5. The van der Waals surface area contributed by atoms with Gasteiger partial charge in [-0.25, -0.2) is 9.78 Å². The lowest BCUT2D eigenvalue weighted by molar-refractivity contribution is 0.0215. The number of carbonyl (C=O) groups excluding carboxylic acids is 1. The van der Waals surface area contributed by atoms with Crippen molar-refractivity contribution in [3.63, 3.8) is 0 Å². The molecule has 2 aliphatic heterocycles. The number of piperidine rings is 1. The molecular formula is C32H35Cl2N3O5. The van der Waals surface area contributed by atoms with Gasteiger partial charge >= 0.3 is 6.09 Å². The Morgan fingerprint density at radius 1 is 1.12 bits per heavy atom. The van der Waals surface area contributed by atoms with Crippen LogP contribution in [0.1, 0.15) is 62.8 Å². The summed E-state index contributed by atoms with van der Waals surface area (Å²) in [6.45, 7) is 5.94. The van der Waals surface area contributed by atoms with Crippen LogP contribution in [0.3, 0.4) is 0 Å². The van der Waals surface area contributed by atoms with E-state index < -0.39 is 12.2 Å². The number of benzene rings is 2. The highest BCUT2D eigenvalue weighted by Crippen LogP contribution is 2.43. The second kappa shape index (κ2) is 12.9. The molecule has 8 nitrogen and oxygen atoms in total. The number of halogens is 2. The molecule has 1 N–H and O–H groups in total. The first-order chi connectivity index (χ1) is 20.2. The van der Waals surface area contributed by atoms with Crippen molar-refractivity contribution in [2.45, 2.75) is 52.4 Å². The number of methoxy groups -OCH3 is 1. The van der Waals surface area contributed by atoms with Crippen LogP contribution in [-0.4, -0.2) is 58.6 Å². The Morgan fingerprint density at radius 3 is 2.50 bits per heavy atom. The molecule has 0 bridgehead atoms. The molecule has 1 aromatic heterocycles. The van der Waals surface area contributed by atoms with E-state index in [0.29, 0.717) is 79.1 Å². The number of amides is 2. The maximum atomic E-state index is 14.0. The molecule has 2 aliphatic rings. The average molecular weight is 613 g/mol. The van der Waals surface area contributed by atoms with Crippen molar-refractivity contribution in [1.29, 1.82) is 0 Å². The molecule has 10 heteroatoms. The number of hydrogen-bond donors (Lipinski definition) is 1. The van der Waals surface area contributed by atoms with E-state index in [-0.39, 0.29) is 11.8 Å². The SMILES string of the molecule is COC(c1cc(Cl)c2c(c1Cl)C(=O)N(Cc1c(C)cc(C)nc1OCc1ccccc1)CC2)C1CCN(C(=O)O)CC1. The van der Waals surface area contributed by atoms with Gasteiger partial charge in [0.15, 0.2) is 0 Å². The third-order valence-electron chi connectivity index (χ3n) is 8.28. The van der Waals surface area contributed by atoms with E-state index >= 15 is 0 Å². The molecule has 2 aromatic carbocycles. The lowest BCUT2D eigenvalue weighted by Crippen LogP contribution is -2.39. The smallest absolute Gasteiger partial charge is 0.407 e. The molecule has 1 saturated heterocycles. The zero-order valence-electron chi connectivity index (χ0n) is 24.0. The minimum absolute atomic E-state index is 0.0395. The Hall–Kier alpha value is -3.33. The minimum Gasteiger partial charge on any atom is -0.473 e. The summed E-state index contributed by atoms with van der Waals surface area (Å²) < 4.78 is 12.1. The number of likely N-dealkylation sites (tertiary alicyclic amines) is 1. The fourth-order valence-electron chi connectivity index (χ4n) is 6.04. The van der Waals surface area contributed by atoms with Crippen molar-refractivity contribution < 1.29 is 24.2 Å². The Balaban J connectivity index is 1.41. The monoisotopic (exact) mass is 611 g/mol. The van der Waals surface area contributed by atoms with Crippen molar-refractivity contribution in [3.8, 4) is 5.88 Å². The number of nitrogens with zero attached hydrogens (tertiary/aromatic N) is 3. The van der Waals surface area contributed by atoms with E-state index in [1.165, 1.54) is 4.90 Å². The number of carboxylic acid groups (broad SMARTS) is 1. The molecule has 1 unspecified atom stereocenters. The maximum absolute atomic E-state index is 14.0. The van der Waals surface area contributed by atoms with Gasteiger partial charge in [0.1, 0.15) is 6.61 Å². The first-order valence-electron chi connectivity index (χ1n) is 14.1. The second-order valence-electron chi connectivity index (χ2n) is 11.0. The minimum atomic E-state index is -0.921. The highest BCUT2D eigenvalue weighted by Gasteiger charge is 2.36. The van der Waals surface area contributed by atoms with E-state index in [4.69, 9.17) is 32.7 Å². The third kappa shape index (κ3) is 6.21. The Kier molecular flexibility index (Phi) is 9.25. The van der Waals surface area contributed by atoms with E-state index in [1.807, 2.05) is 56.3 Å². The number of ether oxygens (including phenoxy) is 2. The molecule has 1 atom stereocenters. The van der Waals surface area contributed by atoms with Crippen molar-refractivity contribution in [3.05, 3.63) is 91.6 Å². The molecular weight excluding hydrogens is 577 g/mol. The van der Waals surface area contributed by atoms with Gasteiger partial charge in [0.05, 0.1) is 23.2 Å². The summed E-state index contributed by atoms with van der Waals surface area (Å²) in [5.41, 5.74) is 5.52. The molecule has 0 spiro atoms. The lowest BCUT2D eigenvalue weighted by atomic mass is 9.85. The number of fused-ring (bicyclic) bond motifs is 1. The van der Waals surface area contributed by atoms with Crippen molar-refractivity contribution in [2.24, 2.45) is 5.92 Å². The molecule has 0 saturated carbocycles. The molecule has 5 rings (SSSR count). The third-order valence-corrected chi connectivity index (χ3v) is 9.03. The summed E-state index contributed by atoms with van der Waals surface area (Å²) in [4.78, 5) is 33.3. The Morgan fingerprint density at radius 2 is 1.83 bits per heavy atom. The summed E-state index contributed by atoms with van der Waals surface area (Å²) in [5.74, 6) is 0.354. The van der Waals surface area contributed by atoms with Gasteiger partial charge in [-0.15, -0.1) is 0 Å². The summed E-state index contributed by atoms with van der Waals surface area (Å²) >= 11 is 13.8. The van der Waals surface area contributed by atoms with Crippen LogP contribution in [0.2, 0.25) is 10.0 Å². The summed E-state index contributed by atoms with van der Waals surface area (Å²) in [7, 11) is 1.61. The van der Waals surface area contributed by atoms with Crippen LogP contribution < -0.4 is 4.74 Å². The fourth-order valence-corrected chi connectivity index (χ4v) is 6.70. The quantitative estimate of drug-likeness (QED) is 0.299. The number of carbonyl (C=O) groups is 2. The molecule has 2 amide bonds. The van der Waals surface area contributed by atoms with Crippen molar-refractivity contribution >= 4 is 35.2 Å². The van der Waals surface area contributed by atoms with Crippen LogP contribution in [0.5, 0.6) is 5.88 Å². The topological polar surface area (TPSA) is 92.2 Å². The summed E-state index contributed by atoms with van der Waals surface area (Å²) in [5, 5.41) is 10.2. The lowest BCUT2D eigenvalue weighted by Gasteiger charge is -2.36. The molecule has 1 fully saturated rings. The Bertz CT molecular complexity index is 1470. The van der Waals surface area contributed by atoms with Crippen LogP contribution in [0.4, 0.5) is 4.79 Å². The van der Waals surface area contributed by atoms with Gasteiger partial charge in [0, 0.05) is 48.6 Å². The summed E-state index contributed by atoms with van der Waals surface area (Å²) in [6.07, 6.45) is 0.479. The van der Waals surface area contributed by atoms with E-state index in [0.717, 1.165) is 27.9 Å². The number of pyridine rings is 1. The number of aryl methyl sites for hydroxylation is 2. The van der Waals surface area contributed by atoms with Gasteiger partial charge in [-0.05, 0) is 67.9 Å². The standard InChI is InChI=1S/C32H35Cl2N3O5/c1-19-15-20(2)35-30(42-18-21-7-5-4-6-8-21)25(19)17-37-14-11-23-26(33)16-24(28(34)27(23)31(37)38)29(41-3)22-9-12-36(13-10-22)32(39)40/h4-8,15-16,22,29H,9-14,17-18H2,1-3H3,(H,39,40). The van der Waals surface area contributed by atoms with Gasteiger partial charge in [-0.2, -0.15) is 0 Å². The number of aromatic nitrogens is 1. The zero-order chi connectivity index (χ0) is 30.0. The van der Waals surface area contributed by atoms with Gasteiger partial charge < -0.3 is 24.4 Å². The van der Waals surface area contributed by atoms with Gasteiger partial charge in [-0.1, -0.05) is 53.5 Å². The van der Waals surface area contributed by atoms with Crippen LogP contribution in [0.25, 0.3) is 0 Å². The fraction of sp³-hybridized carbons (Fsp3) is 0.406. The predicted molar refractivity (Wildman–Crippen MR) is 161 cm³/mol.